The average molecular weight is 168 g/mol. The minimum absolute atomic E-state index is 0.874. The van der Waals surface area contributed by atoms with E-state index in [4.69, 9.17) is 0 Å². The Labute approximate surface area is 74.6 Å². The van der Waals surface area contributed by atoms with Crippen molar-refractivity contribution in [3.8, 4) is 0 Å². The molecular formula is C10H6N3. The van der Waals surface area contributed by atoms with E-state index in [0.717, 1.165) is 16.6 Å². The maximum Gasteiger partial charge on any atom is 0.161 e. The van der Waals surface area contributed by atoms with Crippen LogP contribution in [-0.2, 0) is 0 Å². The third-order valence-corrected chi connectivity index (χ3v) is 2.12. The lowest BCUT2D eigenvalue weighted by Crippen LogP contribution is -1.85. The highest BCUT2D eigenvalue weighted by Crippen LogP contribution is 2.14. The van der Waals surface area contributed by atoms with Crippen LogP contribution in [0.4, 0.5) is 0 Å². The van der Waals surface area contributed by atoms with Crippen LogP contribution in [0.25, 0.3) is 16.6 Å². The second kappa shape index (κ2) is 2.29. The standard InChI is InChI=1S/C10H6N3/c1-2-4-9-8(3-1)5-6-10-12-11-7-13(9)10/h2-7H. The summed E-state index contributed by atoms with van der Waals surface area (Å²) < 4.78 is 1.96. The van der Waals surface area contributed by atoms with Gasteiger partial charge in [-0.2, -0.15) is 0 Å². The molecule has 0 spiro atoms. The Balaban J connectivity index is 2.65. The van der Waals surface area contributed by atoms with Crippen LogP contribution in [0, 0.1) is 6.07 Å². The molecular weight excluding hydrogens is 162 g/mol. The molecule has 0 aliphatic rings. The Hall–Kier alpha value is -1.90. The van der Waals surface area contributed by atoms with E-state index in [1.807, 2.05) is 34.7 Å². The molecule has 0 saturated carbocycles. The zero-order valence-electron chi connectivity index (χ0n) is 6.81. The van der Waals surface area contributed by atoms with E-state index in [2.05, 4.69) is 16.3 Å². The zero-order chi connectivity index (χ0) is 8.67. The first-order chi connectivity index (χ1) is 6.45. The molecule has 0 saturated heterocycles. The van der Waals surface area contributed by atoms with Gasteiger partial charge in [0.1, 0.15) is 6.33 Å². The van der Waals surface area contributed by atoms with Crippen LogP contribution in [0.2, 0.25) is 0 Å². The fourth-order valence-electron chi connectivity index (χ4n) is 1.50. The Morgan fingerprint density at radius 3 is 3.23 bits per heavy atom. The quantitative estimate of drug-likeness (QED) is 0.511. The number of fused-ring (bicyclic) bond motifs is 3. The molecule has 13 heavy (non-hydrogen) atoms. The Bertz CT molecular complexity index is 568. The molecule has 3 nitrogen and oxygen atoms in total. The highest BCUT2D eigenvalue weighted by atomic mass is 15.2. The number of benzene rings is 1. The minimum Gasteiger partial charge on any atom is -0.282 e. The van der Waals surface area contributed by atoms with Crippen LogP contribution in [-0.4, -0.2) is 14.6 Å². The SMILES string of the molecule is [c]1ccc2c(c1)ccc1nncn12. The Kier molecular flexibility index (Phi) is 1.16. The van der Waals surface area contributed by atoms with Gasteiger partial charge in [-0.05, 0) is 35.7 Å². The summed E-state index contributed by atoms with van der Waals surface area (Å²) in [5.41, 5.74) is 1.99. The molecule has 0 unspecified atom stereocenters. The number of nitrogens with zero attached hydrogens (tertiary/aromatic N) is 3. The summed E-state index contributed by atoms with van der Waals surface area (Å²) in [6.07, 6.45) is 1.72. The van der Waals surface area contributed by atoms with Crippen LogP contribution in [0.15, 0.2) is 36.7 Å². The van der Waals surface area contributed by atoms with Gasteiger partial charge in [0.15, 0.2) is 5.65 Å². The van der Waals surface area contributed by atoms with Crippen molar-refractivity contribution in [1.29, 1.82) is 0 Å². The van der Waals surface area contributed by atoms with Gasteiger partial charge in [0, 0.05) is 0 Å². The second-order valence-electron chi connectivity index (χ2n) is 2.88. The minimum atomic E-state index is 0.874. The zero-order valence-corrected chi connectivity index (χ0v) is 6.81. The van der Waals surface area contributed by atoms with Gasteiger partial charge in [-0.3, -0.25) is 4.40 Å². The molecule has 1 radical (unpaired) electrons. The first-order valence-electron chi connectivity index (χ1n) is 4.04. The van der Waals surface area contributed by atoms with Crippen molar-refractivity contribution >= 4 is 16.6 Å². The topological polar surface area (TPSA) is 30.2 Å². The fourth-order valence-corrected chi connectivity index (χ4v) is 1.50. The summed E-state index contributed by atoms with van der Waals surface area (Å²) in [7, 11) is 0. The molecule has 1 aromatic carbocycles. The van der Waals surface area contributed by atoms with Gasteiger partial charge >= 0.3 is 0 Å². The number of pyridine rings is 1. The molecule has 0 N–H and O–H groups in total. The highest BCUT2D eigenvalue weighted by molar-refractivity contribution is 5.81. The van der Waals surface area contributed by atoms with Gasteiger partial charge in [-0.1, -0.05) is 6.07 Å². The van der Waals surface area contributed by atoms with Crippen molar-refractivity contribution in [2.45, 2.75) is 0 Å². The van der Waals surface area contributed by atoms with Crippen LogP contribution in [0.5, 0.6) is 0 Å². The molecule has 0 atom stereocenters. The Morgan fingerprint density at radius 1 is 1.23 bits per heavy atom. The third kappa shape index (κ3) is 0.839. The second-order valence-corrected chi connectivity index (χ2v) is 2.88. The molecule has 2 heterocycles. The molecule has 3 aromatic rings. The number of hydrogen-bond donors (Lipinski definition) is 0. The van der Waals surface area contributed by atoms with Crippen LogP contribution >= 0.6 is 0 Å². The summed E-state index contributed by atoms with van der Waals surface area (Å²) in [4.78, 5) is 0. The van der Waals surface area contributed by atoms with Gasteiger partial charge in [0.25, 0.3) is 0 Å². The fraction of sp³-hybridized carbons (Fsp3) is 0. The van der Waals surface area contributed by atoms with Crippen molar-refractivity contribution in [1.82, 2.24) is 14.6 Å². The van der Waals surface area contributed by atoms with Gasteiger partial charge in [0.2, 0.25) is 0 Å². The lowest BCUT2D eigenvalue weighted by molar-refractivity contribution is 1.11. The van der Waals surface area contributed by atoms with Gasteiger partial charge in [-0.15, -0.1) is 10.2 Å². The lowest BCUT2D eigenvalue weighted by Gasteiger charge is -1.98. The molecule has 0 bridgehead atoms. The first kappa shape index (κ1) is 6.60. The van der Waals surface area contributed by atoms with Gasteiger partial charge < -0.3 is 0 Å². The predicted molar refractivity (Wildman–Crippen MR) is 49.3 cm³/mol. The number of hydrogen-bond acceptors (Lipinski definition) is 2. The van der Waals surface area contributed by atoms with Crippen LogP contribution < -0.4 is 0 Å². The van der Waals surface area contributed by atoms with E-state index in [0.29, 0.717) is 0 Å². The molecule has 3 rings (SSSR count). The monoisotopic (exact) mass is 168 g/mol. The van der Waals surface area contributed by atoms with E-state index in [-0.39, 0.29) is 0 Å². The number of aromatic nitrogens is 3. The van der Waals surface area contributed by atoms with E-state index in [9.17, 15) is 0 Å². The molecule has 0 aliphatic heterocycles. The normalized spacial score (nSPS) is 11.1. The highest BCUT2D eigenvalue weighted by Gasteiger charge is 1.98. The first-order valence-corrected chi connectivity index (χ1v) is 4.04. The van der Waals surface area contributed by atoms with Crippen molar-refractivity contribution < 1.29 is 0 Å². The number of rotatable bonds is 0. The van der Waals surface area contributed by atoms with E-state index in [1.165, 1.54) is 0 Å². The summed E-state index contributed by atoms with van der Waals surface area (Å²) >= 11 is 0. The summed E-state index contributed by atoms with van der Waals surface area (Å²) in [5, 5.41) is 8.97. The largest absolute Gasteiger partial charge is 0.282 e. The third-order valence-electron chi connectivity index (χ3n) is 2.12. The van der Waals surface area contributed by atoms with Crippen molar-refractivity contribution in [3.63, 3.8) is 0 Å². The average Bonchev–Trinajstić information content (AvgIpc) is 2.65. The maximum atomic E-state index is 3.97. The smallest absolute Gasteiger partial charge is 0.161 e. The maximum absolute atomic E-state index is 3.97. The van der Waals surface area contributed by atoms with Crippen molar-refractivity contribution in [3.05, 3.63) is 42.7 Å². The van der Waals surface area contributed by atoms with E-state index < -0.39 is 0 Å². The van der Waals surface area contributed by atoms with Crippen LogP contribution in [0.1, 0.15) is 0 Å². The van der Waals surface area contributed by atoms with Crippen molar-refractivity contribution in [2.75, 3.05) is 0 Å². The Morgan fingerprint density at radius 2 is 2.23 bits per heavy atom. The molecule has 2 aromatic heterocycles. The molecule has 0 aliphatic carbocycles. The van der Waals surface area contributed by atoms with E-state index >= 15 is 0 Å². The van der Waals surface area contributed by atoms with Gasteiger partial charge in [-0.25, -0.2) is 0 Å². The van der Waals surface area contributed by atoms with Crippen molar-refractivity contribution in [2.24, 2.45) is 0 Å². The molecule has 0 fully saturated rings. The summed E-state index contributed by atoms with van der Waals surface area (Å²) in [6, 6.07) is 12.9. The molecule has 3 heteroatoms. The predicted octanol–water partition coefficient (Wildman–Crippen LogP) is 1.68. The summed E-state index contributed by atoms with van der Waals surface area (Å²) in [5.74, 6) is 0. The van der Waals surface area contributed by atoms with Gasteiger partial charge in [0.05, 0.1) is 5.52 Å². The molecule has 0 amide bonds. The summed E-state index contributed by atoms with van der Waals surface area (Å²) in [6.45, 7) is 0. The lowest BCUT2D eigenvalue weighted by atomic mass is 10.2. The molecule has 61 valence electrons. The van der Waals surface area contributed by atoms with Crippen LogP contribution in [0.3, 0.4) is 0 Å². The van der Waals surface area contributed by atoms with E-state index in [1.54, 1.807) is 6.33 Å².